The molecule has 0 unspecified atom stereocenters. The lowest BCUT2D eigenvalue weighted by Crippen LogP contribution is -2.37. The Morgan fingerprint density at radius 2 is 2.33 bits per heavy atom. The minimum atomic E-state index is 0.249. The number of hydrogen-bond acceptors (Lipinski definition) is 4. The van der Waals surface area contributed by atoms with Crippen LogP contribution in [0.5, 0.6) is 0 Å². The average Bonchev–Trinajstić information content (AvgIpc) is 2.02. The topological polar surface area (TPSA) is 52.8 Å². The molecule has 1 fully saturated rings. The zero-order valence-corrected chi connectivity index (χ0v) is 6.56. The predicted octanol–water partition coefficient (Wildman–Crippen LogP) is 0.558. The van der Waals surface area contributed by atoms with E-state index in [-0.39, 0.29) is 5.82 Å². The van der Waals surface area contributed by atoms with E-state index in [0.29, 0.717) is 0 Å². The molecule has 1 aliphatic rings. The van der Waals surface area contributed by atoms with E-state index >= 15 is 0 Å². The zero-order chi connectivity index (χ0) is 8.39. The molecule has 12 heavy (non-hydrogen) atoms. The lowest BCUT2D eigenvalue weighted by molar-refractivity contribution is 0.608. The maximum Gasteiger partial charge on any atom is 0.234 e. The van der Waals surface area contributed by atoms with Crippen molar-refractivity contribution in [3.63, 3.8) is 0 Å². The summed E-state index contributed by atoms with van der Waals surface area (Å²) in [5.74, 6) is 1.12. The Kier molecular flexibility index (Phi) is 1.63. The van der Waals surface area contributed by atoms with Gasteiger partial charge in [0.05, 0.1) is 0 Å². The summed E-state index contributed by atoms with van der Waals surface area (Å²) >= 11 is 0. The van der Waals surface area contributed by atoms with Gasteiger partial charge in [-0.15, -0.1) is 0 Å². The van der Waals surface area contributed by atoms with Gasteiger partial charge in [0.15, 0.2) is 0 Å². The zero-order valence-electron chi connectivity index (χ0n) is 6.56. The van der Waals surface area contributed by atoms with E-state index in [2.05, 4.69) is 14.9 Å². The number of aromatic nitrogens is 2. The maximum atomic E-state index is 8.54. The lowest BCUT2D eigenvalue weighted by Gasteiger charge is -2.31. The van der Waals surface area contributed by atoms with Gasteiger partial charge in [0, 0.05) is 19.3 Å². The van der Waals surface area contributed by atoms with E-state index in [1.807, 2.05) is 12.1 Å². The number of nitriles is 1. The summed E-state index contributed by atoms with van der Waals surface area (Å²) in [5, 5.41) is 8.54. The van der Waals surface area contributed by atoms with Crippen LogP contribution in [0.2, 0.25) is 0 Å². The highest BCUT2D eigenvalue weighted by Gasteiger charge is 2.15. The van der Waals surface area contributed by atoms with Crippen molar-refractivity contribution in [3.8, 4) is 6.07 Å². The third kappa shape index (κ3) is 1.10. The fraction of sp³-hybridized carbons (Fsp3) is 0.375. The van der Waals surface area contributed by atoms with Crippen molar-refractivity contribution in [2.45, 2.75) is 6.42 Å². The summed E-state index contributed by atoms with van der Waals surface area (Å²) in [4.78, 5) is 9.99. The van der Waals surface area contributed by atoms with Gasteiger partial charge in [-0.3, -0.25) is 0 Å². The summed E-state index contributed by atoms with van der Waals surface area (Å²) in [6.07, 6.45) is 2.84. The van der Waals surface area contributed by atoms with Crippen molar-refractivity contribution in [3.05, 3.63) is 18.1 Å². The Morgan fingerprint density at radius 3 is 2.92 bits per heavy atom. The molecular weight excluding hydrogens is 152 g/mol. The van der Waals surface area contributed by atoms with Crippen LogP contribution < -0.4 is 4.90 Å². The highest BCUT2D eigenvalue weighted by molar-refractivity contribution is 5.40. The lowest BCUT2D eigenvalue weighted by atomic mass is 10.2. The summed E-state index contributed by atoms with van der Waals surface area (Å²) in [6.45, 7) is 2.09. The van der Waals surface area contributed by atoms with Gasteiger partial charge in [-0.1, -0.05) is 0 Å². The molecule has 1 aromatic rings. The third-order valence-electron chi connectivity index (χ3n) is 1.92. The van der Waals surface area contributed by atoms with Crippen molar-refractivity contribution >= 4 is 5.82 Å². The first-order chi connectivity index (χ1) is 5.90. The fourth-order valence-corrected chi connectivity index (χ4v) is 1.12. The predicted molar refractivity (Wildman–Crippen MR) is 43.6 cm³/mol. The second-order valence-electron chi connectivity index (χ2n) is 2.69. The van der Waals surface area contributed by atoms with Crippen LogP contribution in [0.1, 0.15) is 12.2 Å². The molecule has 0 aromatic carbocycles. The SMILES string of the molecule is N#Cc1nccc(N2CCC2)n1. The highest BCUT2D eigenvalue weighted by Crippen LogP contribution is 2.16. The third-order valence-corrected chi connectivity index (χ3v) is 1.92. The molecule has 0 N–H and O–H groups in total. The first-order valence-corrected chi connectivity index (χ1v) is 3.88. The van der Waals surface area contributed by atoms with E-state index in [0.717, 1.165) is 18.9 Å². The number of nitrogens with zero attached hydrogens (tertiary/aromatic N) is 4. The van der Waals surface area contributed by atoms with Crippen LogP contribution in [-0.4, -0.2) is 23.1 Å². The van der Waals surface area contributed by atoms with Gasteiger partial charge < -0.3 is 4.90 Å². The fourth-order valence-electron chi connectivity index (χ4n) is 1.12. The molecule has 4 nitrogen and oxygen atoms in total. The monoisotopic (exact) mass is 160 g/mol. The molecule has 0 aliphatic carbocycles. The van der Waals surface area contributed by atoms with Crippen LogP contribution >= 0.6 is 0 Å². The van der Waals surface area contributed by atoms with Gasteiger partial charge in [0.2, 0.25) is 5.82 Å². The Labute approximate surface area is 70.5 Å². The summed E-state index contributed by atoms with van der Waals surface area (Å²) < 4.78 is 0. The van der Waals surface area contributed by atoms with Crippen LogP contribution in [0.3, 0.4) is 0 Å². The minimum Gasteiger partial charge on any atom is -0.356 e. The quantitative estimate of drug-likeness (QED) is 0.602. The van der Waals surface area contributed by atoms with E-state index in [1.54, 1.807) is 6.20 Å². The molecule has 1 aromatic heterocycles. The Hall–Kier alpha value is -1.63. The van der Waals surface area contributed by atoms with E-state index < -0.39 is 0 Å². The van der Waals surface area contributed by atoms with Crippen molar-refractivity contribution in [1.82, 2.24) is 9.97 Å². The molecule has 0 radical (unpaired) electrons. The normalized spacial score (nSPS) is 15.1. The second kappa shape index (κ2) is 2.78. The largest absolute Gasteiger partial charge is 0.356 e. The molecule has 0 saturated carbocycles. The molecule has 1 saturated heterocycles. The minimum absolute atomic E-state index is 0.249. The average molecular weight is 160 g/mol. The number of anilines is 1. The first-order valence-electron chi connectivity index (χ1n) is 3.88. The van der Waals surface area contributed by atoms with Crippen LogP contribution in [0.15, 0.2) is 12.3 Å². The van der Waals surface area contributed by atoms with Gasteiger partial charge in [-0.05, 0) is 12.5 Å². The van der Waals surface area contributed by atoms with Crippen molar-refractivity contribution in [1.29, 1.82) is 5.26 Å². The summed E-state index contributed by atoms with van der Waals surface area (Å²) in [5.41, 5.74) is 0. The molecular formula is C8H8N4. The van der Waals surface area contributed by atoms with Crippen molar-refractivity contribution in [2.24, 2.45) is 0 Å². The molecule has 0 atom stereocenters. The van der Waals surface area contributed by atoms with Gasteiger partial charge in [0.25, 0.3) is 0 Å². The molecule has 2 heterocycles. The summed E-state index contributed by atoms with van der Waals surface area (Å²) in [6, 6.07) is 3.75. The van der Waals surface area contributed by atoms with Crippen LogP contribution in [-0.2, 0) is 0 Å². The molecule has 1 aliphatic heterocycles. The maximum absolute atomic E-state index is 8.54. The molecule has 2 rings (SSSR count). The Morgan fingerprint density at radius 1 is 1.50 bits per heavy atom. The first kappa shape index (κ1) is 7.04. The molecule has 4 heteroatoms. The smallest absolute Gasteiger partial charge is 0.234 e. The van der Waals surface area contributed by atoms with E-state index in [1.165, 1.54) is 6.42 Å². The van der Waals surface area contributed by atoms with E-state index in [4.69, 9.17) is 5.26 Å². The summed E-state index contributed by atoms with van der Waals surface area (Å²) in [7, 11) is 0. The standard InChI is InChI=1S/C8H8N4/c9-6-7-10-3-2-8(11-7)12-4-1-5-12/h2-3H,1,4-5H2. The highest BCUT2D eigenvalue weighted by atomic mass is 15.2. The second-order valence-corrected chi connectivity index (χ2v) is 2.69. The van der Waals surface area contributed by atoms with E-state index in [9.17, 15) is 0 Å². The van der Waals surface area contributed by atoms with Gasteiger partial charge in [0.1, 0.15) is 11.9 Å². The molecule has 0 spiro atoms. The molecule has 60 valence electrons. The molecule has 0 amide bonds. The Balaban J connectivity index is 2.27. The van der Waals surface area contributed by atoms with Crippen LogP contribution in [0.25, 0.3) is 0 Å². The van der Waals surface area contributed by atoms with Crippen molar-refractivity contribution in [2.75, 3.05) is 18.0 Å². The number of rotatable bonds is 1. The van der Waals surface area contributed by atoms with Gasteiger partial charge >= 0.3 is 0 Å². The van der Waals surface area contributed by atoms with Crippen LogP contribution in [0, 0.1) is 11.3 Å². The molecule has 0 bridgehead atoms. The van der Waals surface area contributed by atoms with Gasteiger partial charge in [-0.2, -0.15) is 5.26 Å². The Bertz CT molecular complexity index is 324. The van der Waals surface area contributed by atoms with Crippen LogP contribution in [0.4, 0.5) is 5.82 Å². The van der Waals surface area contributed by atoms with Gasteiger partial charge in [-0.25, -0.2) is 9.97 Å². The number of hydrogen-bond donors (Lipinski definition) is 0. The van der Waals surface area contributed by atoms with Crippen molar-refractivity contribution < 1.29 is 0 Å².